The summed E-state index contributed by atoms with van der Waals surface area (Å²) in [5.74, 6) is 6.55. The van der Waals surface area contributed by atoms with Crippen LogP contribution in [0.15, 0.2) is 39.0 Å². The van der Waals surface area contributed by atoms with Crippen molar-refractivity contribution < 1.29 is 4.84 Å². The minimum Gasteiger partial charge on any atom is -0.391 e. The lowest BCUT2D eigenvalue weighted by Gasteiger charge is -2.31. The topological polar surface area (TPSA) is 113 Å². The van der Waals surface area contributed by atoms with E-state index >= 15 is 0 Å². The molecule has 5 rings (SSSR count). The Hall–Kier alpha value is -3.84. The Bertz CT molecular complexity index is 1470. The first-order valence-electron chi connectivity index (χ1n) is 11.4. The van der Waals surface area contributed by atoms with E-state index < -0.39 is 11.2 Å². The zero-order chi connectivity index (χ0) is 23.8. The molecule has 1 aromatic carbocycles. The average Bonchev–Trinajstić information content (AvgIpc) is 3.24. The summed E-state index contributed by atoms with van der Waals surface area (Å²) < 4.78 is 4.40. The second-order valence-electron chi connectivity index (χ2n) is 8.65. The molecule has 3 aromatic rings. The van der Waals surface area contributed by atoms with Gasteiger partial charge in [0.2, 0.25) is 5.95 Å². The van der Waals surface area contributed by atoms with Crippen molar-refractivity contribution in [3.63, 3.8) is 0 Å². The van der Waals surface area contributed by atoms with Gasteiger partial charge in [0.1, 0.15) is 12.3 Å². The molecule has 2 aliphatic rings. The van der Waals surface area contributed by atoms with Gasteiger partial charge in [-0.1, -0.05) is 35.3 Å². The van der Waals surface area contributed by atoms with Gasteiger partial charge in [-0.25, -0.2) is 4.79 Å². The maximum absolute atomic E-state index is 13.7. The summed E-state index contributed by atoms with van der Waals surface area (Å²) >= 11 is 0. The SMILES string of the molecule is CC#CCn1c(N2CCCC(N)C2)nc2c1c(=O)n(CC1=NOCc3ccccc31)c(=O)n2C. The van der Waals surface area contributed by atoms with Crippen molar-refractivity contribution >= 4 is 22.8 Å². The Morgan fingerprint density at radius 2 is 2.06 bits per heavy atom. The van der Waals surface area contributed by atoms with Crippen LogP contribution in [0.3, 0.4) is 0 Å². The third-order valence-corrected chi connectivity index (χ3v) is 6.40. The molecule has 10 heteroatoms. The van der Waals surface area contributed by atoms with Gasteiger partial charge in [-0.2, -0.15) is 4.98 Å². The molecule has 0 amide bonds. The normalized spacial score (nSPS) is 17.6. The quantitative estimate of drug-likeness (QED) is 0.575. The second-order valence-corrected chi connectivity index (χ2v) is 8.65. The van der Waals surface area contributed by atoms with Crippen molar-refractivity contribution in [3.05, 3.63) is 56.2 Å². The zero-order valence-corrected chi connectivity index (χ0v) is 19.3. The molecule has 2 aromatic heterocycles. The van der Waals surface area contributed by atoms with Gasteiger partial charge < -0.3 is 15.5 Å². The number of nitrogens with two attached hydrogens (primary N) is 1. The molecule has 10 nitrogen and oxygen atoms in total. The lowest BCUT2D eigenvalue weighted by atomic mass is 10.0. The van der Waals surface area contributed by atoms with Crippen LogP contribution in [0.1, 0.15) is 30.9 Å². The molecule has 0 spiro atoms. The first kappa shape index (κ1) is 22.0. The van der Waals surface area contributed by atoms with E-state index in [0.29, 0.717) is 36.0 Å². The van der Waals surface area contributed by atoms with Crippen LogP contribution in [0, 0.1) is 11.8 Å². The van der Waals surface area contributed by atoms with E-state index in [2.05, 4.69) is 21.9 Å². The van der Waals surface area contributed by atoms with Gasteiger partial charge in [-0.05, 0) is 19.8 Å². The van der Waals surface area contributed by atoms with Crippen molar-refractivity contribution in [2.24, 2.45) is 17.9 Å². The van der Waals surface area contributed by atoms with E-state index in [4.69, 9.17) is 15.6 Å². The van der Waals surface area contributed by atoms with Gasteiger partial charge in [-0.15, -0.1) is 5.92 Å². The van der Waals surface area contributed by atoms with E-state index in [1.807, 2.05) is 24.3 Å². The van der Waals surface area contributed by atoms with Crippen molar-refractivity contribution in [2.45, 2.75) is 45.5 Å². The largest absolute Gasteiger partial charge is 0.391 e. The van der Waals surface area contributed by atoms with Gasteiger partial charge >= 0.3 is 5.69 Å². The number of imidazole rings is 1. The van der Waals surface area contributed by atoms with Crippen molar-refractivity contribution in [1.29, 1.82) is 0 Å². The van der Waals surface area contributed by atoms with E-state index in [1.54, 1.807) is 18.5 Å². The highest BCUT2D eigenvalue weighted by atomic mass is 16.6. The lowest BCUT2D eigenvalue weighted by Crippen LogP contribution is -2.44. The summed E-state index contributed by atoms with van der Waals surface area (Å²) in [6, 6.07) is 7.72. The number of hydrogen-bond donors (Lipinski definition) is 1. The predicted molar refractivity (Wildman–Crippen MR) is 130 cm³/mol. The lowest BCUT2D eigenvalue weighted by molar-refractivity contribution is 0.125. The molecule has 0 saturated carbocycles. The highest BCUT2D eigenvalue weighted by molar-refractivity contribution is 6.01. The molecule has 0 bridgehead atoms. The molecule has 2 N–H and O–H groups in total. The fourth-order valence-electron chi connectivity index (χ4n) is 4.66. The van der Waals surface area contributed by atoms with E-state index in [9.17, 15) is 9.59 Å². The van der Waals surface area contributed by atoms with Gasteiger partial charge in [0, 0.05) is 37.3 Å². The van der Waals surface area contributed by atoms with E-state index in [0.717, 1.165) is 30.5 Å². The Labute approximate surface area is 196 Å². The first-order valence-corrected chi connectivity index (χ1v) is 11.4. The molecule has 176 valence electrons. The standard InChI is InChI=1S/C24H27N7O3/c1-3-4-12-30-20-21(26-23(30)29-11-7-9-17(25)13-29)28(2)24(33)31(22(20)32)14-19-18-10-6-5-8-16(18)15-34-27-19/h5-6,8,10,17H,7,9,11-15,25H2,1-2H3. The number of oxime groups is 1. The monoisotopic (exact) mass is 461 g/mol. The van der Waals surface area contributed by atoms with Crippen LogP contribution in [0.4, 0.5) is 5.95 Å². The maximum Gasteiger partial charge on any atom is 0.332 e. The van der Waals surface area contributed by atoms with E-state index in [1.165, 1.54) is 9.13 Å². The van der Waals surface area contributed by atoms with Gasteiger partial charge in [0.05, 0.1) is 13.1 Å². The summed E-state index contributed by atoms with van der Waals surface area (Å²) in [6.45, 7) is 3.80. The molecule has 34 heavy (non-hydrogen) atoms. The van der Waals surface area contributed by atoms with Crippen LogP contribution < -0.4 is 21.9 Å². The van der Waals surface area contributed by atoms with Crippen LogP contribution in [0.2, 0.25) is 0 Å². The third kappa shape index (κ3) is 3.68. The van der Waals surface area contributed by atoms with Gasteiger partial charge in [0.25, 0.3) is 5.56 Å². The summed E-state index contributed by atoms with van der Waals surface area (Å²) in [7, 11) is 1.63. The van der Waals surface area contributed by atoms with Crippen LogP contribution >= 0.6 is 0 Å². The number of aromatic nitrogens is 4. The summed E-state index contributed by atoms with van der Waals surface area (Å²) in [4.78, 5) is 39.2. The fraction of sp³-hybridized carbons (Fsp3) is 0.417. The maximum atomic E-state index is 13.7. The number of benzene rings is 1. The summed E-state index contributed by atoms with van der Waals surface area (Å²) in [5.41, 5.74) is 8.35. The number of rotatable bonds is 4. The number of anilines is 1. The van der Waals surface area contributed by atoms with Crippen LogP contribution in [0.5, 0.6) is 0 Å². The Balaban J connectivity index is 1.67. The molecule has 0 radical (unpaired) electrons. The number of aryl methyl sites for hydroxylation is 1. The van der Waals surface area contributed by atoms with Crippen molar-refractivity contribution in [3.8, 4) is 11.8 Å². The summed E-state index contributed by atoms with van der Waals surface area (Å²) in [6.07, 6.45) is 1.88. The van der Waals surface area contributed by atoms with Crippen molar-refractivity contribution in [1.82, 2.24) is 18.7 Å². The molecule has 1 saturated heterocycles. The number of nitrogens with zero attached hydrogens (tertiary/aromatic N) is 6. The van der Waals surface area contributed by atoms with Gasteiger partial charge in [-0.3, -0.25) is 18.5 Å². The summed E-state index contributed by atoms with van der Waals surface area (Å²) in [5, 5.41) is 4.16. The molecular formula is C24H27N7O3. The Kier molecular flexibility index (Phi) is 5.71. The number of hydrogen-bond acceptors (Lipinski definition) is 7. The highest BCUT2D eigenvalue weighted by Crippen LogP contribution is 2.23. The minimum absolute atomic E-state index is 0.00693. The fourth-order valence-corrected chi connectivity index (χ4v) is 4.66. The zero-order valence-electron chi connectivity index (χ0n) is 19.3. The van der Waals surface area contributed by atoms with Crippen molar-refractivity contribution in [2.75, 3.05) is 18.0 Å². The molecule has 1 unspecified atom stereocenters. The van der Waals surface area contributed by atoms with Crippen LogP contribution in [0.25, 0.3) is 11.2 Å². The van der Waals surface area contributed by atoms with Crippen LogP contribution in [-0.2, 0) is 31.6 Å². The molecular weight excluding hydrogens is 434 g/mol. The van der Waals surface area contributed by atoms with E-state index in [-0.39, 0.29) is 19.1 Å². The minimum atomic E-state index is -0.462. The Morgan fingerprint density at radius 1 is 1.24 bits per heavy atom. The molecule has 0 aliphatic carbocycles. The molecule has 1 fully saturated rings. The Morgan fingerprint density at radius 3 is 2.85 bits per heavy atom. The first-order chi connectivity index (χ1) is 16.5. The molecule has 1 atom stereocenters. The molecule has 4 heterocycles. The second kappa shape index (κ2) is 8.83. The average molecular weight is 462 g/mol. The smallest absolute Gasteiger partial charge is 0.332 e. The van der Waals surface area contributed by atoms with Gasteiger partial charge in [0.15, 0.2) is 11.2 Å². The predicted octanol–water partition coefficient (Wildman–Crippen LogP) is 0.782. The molecule has 2 aliphatic heterocycles. The van der Waals surface area contributed by atoms with Crippen LogP contribution in [-0.4, -0.2) is 43.5 Å². The number of fused-ring (bicyclic) bond motifs is 2. The highest BCUT2D eigenvalue weighted by Gasteiger charge is 2.27. The third-order valence-electron chi connectivity index (χ3n) is 6.40. The number of piperidine rings is 1.